The van der Waals surface area contributed by atoms with Gasteiger partial charge in [0.2, 0.25) is 0 Å². The Morgan fingerprint density at radius 2 is 1.84 bits per heavy atom. The van der Waals surface area contributed by atoms with Crippen molar-refractivity contribution >= 4 is 15.9 Å². The molecule has 1 aliphatic rings. The fourth-order valence-electron chi connectivity index (χ4n) is 2.55. The number of hydrogen-bond acceptors (Lipinski definition) is 3. The van der Waals surface area contributed by atoms with Crippen LogP contribution in [0.3, 0.4) is 0 Å². The first-order chi connectivity index (χ1) is 9.22. The largest absolute Gasteiger partial charge is 0.496 e. The fraction of sp³-hybridized carbons (Fsp3) is 0.600. The Morgan fingerprint density at radius 3 is 2.42 bits per heavy atom. The zero-order chi connectivity index (χ0) is 13.7. The number of ether oxygens (including phenoxy) is 1. The molecule has 0 bridgehead atoms. The topological polar surface area (TPSA) is 15.7 Å². The molecule has 3 nitrogen and oxygen atoms in total. The highest BCUT2D eigenvalue weighted by molar-refractivity contribution is 9.10. The van der Waals surface area contributed by atoms with E-state index >= 15 is 0 Å². The van der Waals surface area contributed by atoms with E-state index in [-0.39, 0.29) is 0 Å². The average Bonchev–Trinajstić information content (AvgIpc) is 2.42. The molecule has 0 saturated carbocycles. The van der Waals surface area contributed by atoms with Crippen LogP contribution in [0.25, 0.3) is 0 Å². The maximum absolute atomic E-state index is 5.26. The van der Waals surface area contributed by atoms with Gasteiger partial charge in [0.15, 0.2) is 0 Å². The van der Waals surface area contributed by atoms with E-state index in [2.05, 4.69) is 44.8 Å². The lowest BCUT2D eigenvalue weighted by Crippen LogP contribution is -2.45. The third-order valence-electron chi connectivity index (χ3n) is 3.63. The van der Waals surface area contributed by atoms with E-state index in [1.54, 1.807) is 7.11 Å². The normalized spacial score (nSPS) is 17.6. The van der Waals surface area contributed by atoms with Crippen molar-refractivity contribution < 1.29 is 4.74 Å². The molecule has 1 heterocycles. The standard InChI is InChI=1S/C15H23BrN2O/c1-3-6-17-7-9-18(10-8-17)12-13-4-5-15(19-2)14(16)11-13/h4-5,11H,3,6-10,12H2,1-2H3. The number of rotatable bonds is 5. The highest BCUT2D eigenvalue weighted by Gasteiger charge is 2.16. The maximum atomic E-state index is 5.26. The number of nitrogens with zero attached hydrogens (tertiary/aromatic N) is 2. The second kappa shape index (κ2) is 7.27. The first kappa shape index (κ1) is 14.8. The van der Waals surface area contributed by atoms with Gasteiger partial charge in [-0.05, 0) is 46.6 Å². The van der Waals surface area contributed by atoms with Crippen LogP contribution >= 0.6 is 15.9 Å². The maximum Gasteiger partial charge on any atom is 0.133 e. The van der Waals surface area contributed by atoms with Crippen LogP contribution < -0.4 is 4.74 Å². The number of halogens is 1. The molecule has 19 heavy (non-hydrogen) atoms. The molecule has 0 atom stereocenters. The van der Waals surface area contributed by atoms with Gasteiger partial charge in [-0.3, -0.25) is 4.90 Å². The van der Waals surface area contributed by atoms with E-state index in [0.717, 1.165) is 16.8 Å². The van der Waals surface area contributed by atoms with Crippen LogP contribution in [0.5, 0.6) is 5.75 Å². The van der Waals surface area contributed by atoms with Crippen molar-refractivity contribution in [3.8, 4) is 5.75 Å². The third kappa shape index (κ3) is 4.20. The van der Waals surface area contributed by atoms with E-state index in [4.69, 9.17) is 4.74 Å². The molecular weight excluding hydrogens is 304 g/mol. The Morgan fingerprint density at radius 1 is 1.16 bits per heavy atom. The summed E-state index contributed by atoms with van der Waals surface area (Å²) in [6, 6.07) is 6.35. The summed E-state index contributed by atoms with van der Waals surface area (Å²) >= 11 is 3.55. The molecule has 1 aromatic carbocycles. The lowest BCUT2D eigenvalue weighted by molar-refractivity contribution is 0.127. The van der Waals surface area contributed by atoms with Gasteiger partial charge in [-0.1, -0.05) is 13.0 Å². The highest BCUT2D eigenvalue weighted by atomic mass is 79.9. The summed E-state index contributed by atoms with van der Waals surface area (Å²) in [5.41, 5.74) is 1.34. The van der Waals surface area contributed by atoms with Crippen LogP contribution in [0.4, 0.5) is 0 Å². The summed E-state index contributed by atoms with van der Waals surface area (Å²) in [5, 5.41) is 0. The van der Waals surface area contributed by atoms with Crippen molar-refractivity contribution in [2.75, 3.05) is 39.8 Å². The summed E-state index contributed by atoms with van der Waals surface area (Å²) in [6.07, 6.45) is 1.26. The monoisotopic (exact) mass is 326 g/mol. The predicted octanol–water partition coefficient (Wildman–Crippen LogP) is 2.99. The number of piperazine rings is 1. The first-order valence-corrected chi connectivity index (χ1v) is 7.79. The SMILES string of the molecule is CCCN1CCN(Cc2ccc(OC)c(Br)c2)CC1. The second-order valence-electron chi connectivity index (χ2n) is 5.09. The van der Waals surface area contributed by atoms with E-state index < -0.39 is 0 Å². The van der Waals surface area contributed by atoms with Crippen LogP contribution in [0.1, 0.15) is 18.9 Å². The lowest BCUT2D eigenvalue weighted by atomic mass is 10.2. The molecule has 1 aliphatic heterocycles. The van der Waals surface area contributed by atoms with Crippen molar-refractivity contribution in [3.63, 3.8) is 0 Å². The molecule has 2 rings (SSSR count). The molecule has 0 N–H and O–H groups in total. The van der Waals surface area contributed by atoms with E-state index in [0.29, 0.717) is 0 Å². The Bertz CT molecular complexity index is 403. The van der Waals surface area contributed by atoms with Gasteiger partial charge in [0.05, 0.1) is 11.6 Å². The van der Waals surface area contributed by atoms with E-state index in [9.17, 15) is 0 Å². The fourth-order valence-corrected chi connectivity index (χ4v) is 3.14. The van der Waals surface area contributed by atoms with E-state index in [1.165, 1.54) is 44.7 Å². The molecule has 0 aromatic heterocycles. The molecule has 1 saturated heterocycles. The van der Waals surface area contributed by atoms with Crippen molar-refractivity contribution in [1.82, 2.24) is 9.80 Å². The van der Waals surface area contributed by atoms with Gasteiger partial charge in [-0.25, -0.2) is 0 Å². The Hall–Kier alpha value is -0.580. The van der Waals surface area contributed by atoms with Crippen molar-refractivity contribution in [2.45, 2.75) is 19.9 Å². The minimum Gasteiger partial charge on any atom is -0.496 e. The molecule has 0 amide bonds. The Kier molecular flexibility index (Phi) is 5.67. The molecule has 106 valence electrons. The van der Waals surface area contributed by atoms with Gasteiger partial charge < -0.3 is 9.64 Å². The molecule has 1 aromatic rings. The molecule has 4 heteroatoms. The van der Waals surface area contributed by atoms with Gasteiger partial charge in [-0.15, -0.1) is 0 Å². The van der Waals surface area contributed by atoms with Gasteiger partial charge >= 0.3 is 0 Å². The average molecular weight is 327 g/mol. The molecule has 0 radical (unpaired) electrons. The molecule has 0 unspecified atom stereocenters. The minimum atomic E-state index is 0.900. The van der Waals surface area contributed by atoms with Gasteiger partial charge in [-0.2, -0.15) is 0 Å². The lowest BCUT2D eigenvalue weighted by Gasteiger charge is -2.34. The van der Waals surface area contributed by atoms with E-state index in [1.807, 2.05) is 6.07 Å². The number of benzene rings is 1. The number of hydrogen-bond donors (Lipinski definition) is 0. The second-order valence-corrected chi connectivity index (χ2v) is 5.94. The smallest absolute Gasteiger partial charge is 0.133 e. The summed E-state index contributed by atoms with van der Waals surface area (Å²) in [5.74, 6) is 0.900. The summed E-state index contributed by atoms with van der Waals surface area (Å²) in [6.45, 7) is 9.26. The van der Waals surface area contributed by atoms with Crippen LogP contribution in [-0.2, 0) is 6.54 Å². The molecule has 1 fully saturated rings. The number of methoxy groups -OCH3 is 1. The predicted molar refractivity (Wildman–Crippen MR) is 82.7 cm³/mol. The molecule has 0 aliphatic carbocycles. The van der Waals surface area contributed by atoms with Crippen molar-refractivity contribution in [1.29, 1.82) is 0 Å². The quantitative estimate of drug-likeness (QED) is 0.827. The van der Waals surface area contributed by atoms with Gasteiger partial charge in [0.25, 0.3) is 0 Å². The van der Waals surface area contributed by atoms with Crippen LogP contribution in [-0.4, -0.2) is 49.6 Å². The Labute approximate surface area is 124 Å². The highest BCUT2D eigenvalue weighted by Crippen LogP contribution is 2.26. The first-order valence-electron chi connectivity index (χ1n) is 7.00. The van der Waals surface area contributed by atoms with Crippen LogP contribution in [0.15, 0.2) is 22.7 Å². The minimum absolute atomic E-state index is 0.900. The summed E-state index contributed by atoms with van der Waals surface area (Å²) in [7, 11) is 1.70. The van der Waals surface area contributed by atoms with Gasteiger partial charge in [0.1, 0.15) is 5.75 Å². The summed E-state index contributed by atoms with van der Waals surface area (Å²) in [4.78, 5) is 5.08. The zero-order valence-corrected chi connectivity index (χ0v) is 13.4. The zero-order valence-electron chi connectivity index (χ0n) is 11.9. The molecular formula is C15H23BrN2O. The van der Waals surface area contributed by atoms with Crippen LogP contribution in [0, 0.1) is 0 Å². The Balaban J connectivity index is 1.87. The van der Waals surface area contributed by atoms with Gasteiger partial charge in [0, 0.05) is 32.7 Å². The molecule has 0 spiro atoms. The third-order valence-corrected chi connectivity index (χ3v) is 4.25. The van der Waals surface area contributed by atoms with Crippen molar-refractivity contribution in [3.05, 3.63) is 28.2 Å². The van der Waals surface area contributed by atoms with Crippen molar-refractivity contribution in [2.24, 2.45) is 0 Å². The van der Waals surface area contributed by atoms with Crippen LogP contribution in [0.2, 0.25) is 0 Å². The summed E-state index contributed by atoms with van der Waals surface area (Å²) < 4.78 is 6.30.